The largest absolute Gasteiger partial charge is 0.316 e. The SMILES string of the molecule is c1ccc(Cc2nnc3n2[C@@H]2CCNC[C@@H]2CC3)cc1. The van der Waals surface area contributed by atoms with Crippen molar-refractivity contribution in [3.05, 3.63) is 47.5 Å². The van der Waals surface area contributed by atoms with E-state index in [0.29, 0.717) is 6.04 Å². The zero-order valence-electron chi connectivity index (χ0n) is 11.6. The van der Waals surface area contributed by atoms with Crippen LogP contribution in [0, 0.1) is 5.92 Å². The van der Waals surface area contributed by atoms with Gasteiger partial charge in [0, 0.05) is 18.9 Å². The Morgan fingerprint density at radius 3 is 2.95 bits per heavy atom. The Bertz CT molecular complexity index is 590. The molecule has 20 heavy (non-hydrogen) atoms. The van der Waals surface area contributed by atoms with Crippen LogP contribution in [0.4, 0.5) is 0 Å². The van der Waals surface area contributed by atoms with Gasteiger partial charge in [0.05, 0.1) is 0 Å². The van der Waals surface area contributed by atoms with Crippen LogP contribution in [0.15, 0.2) is 30.3 Å². The van der Waals surface area contributed by atoms with Crippen LogP contribution in [-0.2, 0) is 12.8 Å². The van der Waals surface area contributed by atoms with E-state index in [1.165, 1.54) is 24.2 Å². The molecular formula is C16H20N4. The van der Waals surface area contributed by atoms with Crippen molar-refractivity contribution in [3.63, 3.8) is 0 Å². The monoisotopic (exact) mass is 268 g/mol. The van der Waals surface area contributed by atoms with Gasteiger partial charge in [0.15, 0.2) is 0 Å². The molecule has 4 nitrogen and oxygen atoms in total. The van der Waals surface area contributed by atoms with Gasteiger partial charge in [-0.25, -0.2) is 0 Å². The summed E-state index contributed by atoms with van der Waals surface area (Å²) >= 11 is 0. The fraction of sp³-hybridized carbons (Fsp3) is 0.500. The number of hydrogen-bond acceptors (Lipinski definition) is 3. The van der Waals surface area contributed by atoms with Gasteiger partial charge in [-0.2, -0.15) is 0 Å². The molecule has 0 unspecified atom stereocenters. The molecule has 2 aromatic rings. The van der Waals surface area contributed by atoms with Crippen LogP contribution in [0.25, 0.3) is 0 Å². The molecule has 0 aliphatic carbocycles. The minimum atomic E-state index is 0.605. The highest BCUT2D eigenvalue weighted by molar-refractivity contribution is 5.20. The molecule has 2 atom stereocenters. The van der Waals surface area contributed by atoms with Crippen molar-refractivity contribution in [1.82, 2.24) is 20.1 Å². The van der Waals surface area contributed by atoms with Gasteiger partial charge in [0.1, 0.15) is 11.6 Å². The molecule has 1 N–H and O–H groups in total. The molecule has 4 rings (SSSR count). The van der Waals surface area contributed by atoms with Crippen molar-refractivity contribution in [2.45, 2.75) is 31.7 Å². The molecule has 1 aromatic heterocycles. The van der Waals surface area contributed by atoms with E-state index in [1.807, 2.05) is 0 Å². The first-order chi connectivity index (χ1) is 9.92. The van der Waals surface area contributed by atoms with Crippen LogP contribution in [0.2, 0.25) is 0 Å². The number of aryl methyl sites for hydroxylation is 1. The maximum Gasteiger partial charge on any atom is 0.137 e. The predicted octanol–water partition coefficient (Wildman–Crippen LogP) is 1.97. The third-order valence-corrected chi connectivity index (χ3v) is 4.68. The topological polar surface area (TPSA) is 42.7 Å². The summed E-state index contributed by atoms with van der Waals surface area (Å²) < 4.78 is 2.45. The highest BCUT2D eigenvalue weighted by Crippen LogP contribution is 2.35. The van der Waals surface area contributed by atoms with E-state index < -0.39 is 0 Å². The summed E-state index contributed by atoms with van der Waals surface area (Å²) in [6, 6.07) is 11.2. The van der Waals surface area contributed by atoms with E-state index in [4.69, 9.17) is 0 Å². The molecule has 0 saturated carbocycles. The number of rotatable bonds is 2. The smallest absolute Gasteiger partial charge is 0.137 e. The third-order valence-electron chi connectivity index (χ3n) is 4.68. The zero-order valence-corrected chi connectivity index (χ0v) is 11.6. The Kier molecular flexibility index (Phi) is 3.03. The summed E-state index contributed by atoms with van der Waals surface area (Å²) in [5.74, 6) is 3.09. The molecule has 0 bridgehead atoms. The molecule has 0 spiro atoms. The Morgan fingerprint density at radius 1 is 1.15 bits per heavy atom. The third kappa shape index (κ3) is 2.04. The Morgan fingerprint density at radius 2 is 2.05 bits per heavy atom. The summed E-state index contributed by atoms with van der Waals surface area (Å²) in [5, 5.41) is 12.4. The van der Waals surface area contributed by atoms with E-state index in [1.54, 1.807) is 0 Å². The lowest BCUT2D eigenvalue weighted by Crippen LogP contribution is -2.41. The first-order valence-corrected chi connectivity index (χ1v) is 7.59. The molecule has 2 aliphatic heterocycles. The number of benzene rings is 1. The van der Waals surface area contributed by atoms with Crippen LogP contribution < -0.4 is 5.32 Å². The molecular weight excluding hydrogens is 248 g/mol. The molecule has 0 amide bonds. The van der Waals surface area contributed by atoms with Gasteiger partial charge in [0.2, 0.25) is 0 Å². The maximum atomic E-state index is 4.48. The second-order valence-electron chi connectivity index (χ2n) is 5.92. The normalized spacial score (nSPS) is 25.0. The lowest BCUT2D eigenvalue weighted by molar-refractivity contribution is 0.210. The van der Waals surface area contributed by atoms with Crippen molar-refractivity contribution >= 4 is 0 Å². The van der Waals surface area contributed by atoms with E-state index in [2.05, 4.69) is 50.4 Å². The average Bonchev–Trinajstić information content (AvgIpc) is 2.92. The minimum absolute atomic E-state index is 0.605. The molecule has 1 fully saturated rings. The van der Waals surface area contributed by atoms with Crippen LogP contribution in [0.3, 0.4) is 0 Å². The van der Waals surface area contributed by atoms with E-state index in [0.717, 1.165) is 37.7 Å². The summed E-state index contributed by atoms with van der Waals surface area (Å²) in [5.41, 5.74) is 1.32. The molecule has 104 valence electrons. The first-order valence-electron chi connectivity index (χ1n) is 7.59. The Labute approximate surface area is 119 Å². The van der Waals surface area contributed by atoms with Gasteiger partial charge in [-0.15, -0.1) is 10.2 Å². The standard InChI is InChI=1S/C16H20N4/c1-2-4-12(5-3-1)10-16-19-18-15-7-6-13-11-17-9-8-14(13)20(15)16/h1-5,13-14,17H,6-11H2/t13-,14+/m0/s1. The lowest BCUT2D eigenvalue weighted by Gasteiger charge is -2.37. The van der Waals surface area contributed by atoms with Gasteiger partial charge >= 0.3 is 0 Å². The van der Waals surface area contributed by atoms with Crippen molar-refractivity contribution < 1.29 is 0 Å². The number of fused-ring (bicyclic) bond motifs is 3. The first kappa shape index (κ1) is 12.1. The van der Waals surface area contributed by atoms with Crippen LogP contribution in [-0.4, -0.2) is 27.9 Å². The number of nitrogens with one attached hydrogen (secondary N) is 1. The van der Waals surface area contributed by atoms with Crippen molar-refractivity contribution in [1.29, 1.82) is 0 Å². The minimum Gasteiger partial charge on any atom is -0.316 e. The average molecular weight is 268 g/mol. The van der Waals surface area contributed by atoms with Crippen LogP contribution >= 0.6 is 0 Å². The number of aromatic nitrogens is 3. The highest BCUT2D eigenvalue weighted by Gasteiger charge is 2.33. The lowest BCUT2D eigenvalue weighted by atomic mass is 9.86. The highest BCUT2D eigenvalue weighted by atomic mass is 15.3. The van der Waals surface area contributed by atoms with Crippen molar-refractivity contribution in [3.8, 4) is 0 Å². The van der Waals surface area contributed by atoms with Gasteiger partial charge in [0.25, 0.3) is 0 Å². The summed E-state index contributed by atoms with van der Waals surface area (Å²) in [7, 11) is 0. The second kappa shape index (κ2) is 5.02. The maximum absolute atomic E-state index is 4.48. The molecule has 1 aromatic carbocycles. The van der Waals surface area contributed by atoms with Crippen molar-refractivity contribution in [2.75, 3.05) is 13.1 Å². The molecule has 1 saturated heterocycles. The Hall–Kier alpha value is -1.68. The molecule has 3 heterocycles. The van der Waals surface area contributed by atoms with Crippen molar-refractivity contribution in [2.24, 2.45) is 5.92 Å². The summed E-state index contributed by atoms with van der Waals surface area (Å²) in [6.07, 6.45) is 4.42. The predicted molar refractivity (Wildman–Crippen MR) is 77.6 cm³/mol. The molecule has 4 heteroatoms. The molecule has 2 aliphatic rings. The van der Waals surface area contributed by atoms with E-state index >= 15 is 0 Å². The van der Waals surface area contributed by atoms with Crippen LogP contribution in [0.1, 0.15) is 36.1 Å². The fourth-order valence-corrected chi connectivity index (χ4v) is 3.67. The number of hydrogen-bond donors (Lipinski definition) is 1. The van der Waals surface area contributed by atoms with Gasteiger partial charge in [-0.3, -0.25) is 0 Å². The van der Waals surface area contributed by atoms with Gasteiger partial charge < -0.3 is 9.88 Å². The number of nitrogens with zero attached hydrogens (tertiary/aromatic N) is 3. The molecule has 0 radical (unpaired) electrons. The second-order valence-corrected chi connectivity index (χ2v) is 5.92. The van der Waals surface area contributed by atoms with Crippen LogP contribution in [0.5, 0.6) is 0 Å². The summed E-state index contributed by atoms with van der Waals surface area (Å²) in [4.78, 5) is 0. The van der Waals surface area contributed by atoms with E-state index in [9.17, 15) is 0 Å². The fourth-order valence-electron chi connectivity index (χ4n) is 3.67. The number of piperidine rings is 1. The van der Waals surface area contributed by atoms with Gasteiger partial charge in [-0.05, 0) is 37.4 Å². The quantitative estimate of drug-likeness (QED) is 0.905. The van der Waals surface area contributed by atoms with Gasteiger partial charge in [-0.1, -0.05) is 30.3 Å². The van der Waals surface area contributed by atoms with E-state index in [-0.39, 0.29) is 0 Å². The summed E-state index contributed by atoms with van der Waals surface area (Å²) in [6.45, 7) is 2.26. The zero-order chi connectivity index (χ0) is 13.4. The Balaban J connectivity index is 1.67.